The zero-order valence-corrected chi connectivity index (χ0v) is 24.4. The number of aliphatic hydroxyl groups is 2. The predicted octanol–water partition coefficient (Wildman–Crippen LogP) is 4.41. The van der Waals surface area contributed by atoms with Crippen molar-refractivity contribution in [2.45, 2.75) is 69.8 Å². The van der Waals surface area contributed by atoms with Gasteiger partial charge in [-0.2, -0.15) is 0 Å². The third-order valence-electron chi connectivity index (χ3n) is 11.4. The summed E-state index contributed by atoms with van der Waals surface area (Å²) in [5.74, 6) is -1.49. The van der Waals surface area contributed by atoms with Gasteiger partial charge in [-0.15, -0.1) is 0 Å². The topological polar surface area (TPSA) is 119 Å². The monoisotopic (exact) mass is 587 g/mol. The van der Waals surface area contributed by atoms with Crippen molar-refractivity contribution in [1.82, 2.24) is 0 Å². The normalized spacial score (nSPS) is 41.2. The molecule has 0 bridgehead atoms. The molecule has 43 heavy (non-hydrogen) atoms. The Morgan fingerprint density at radius 3 is 2.60 bits per heavy atom. The highest BCUT2D eigenvalue weighted by atomic mass is 19.1. The van der Waals surface area contributed by atoms with Crippen LogP contribution in [0.3, 0.4) is 0 Å². The minimum Gasteiger partial charge on any atom is -0.399 e. The average Bonchev–Trinajstić information content (AvgIpc) is 3.47. The van der Waals surface area contributed by atoms with Crippen LogP contribution in [-0.2, 0) is 25.5 Å². The van der Waals surface area contributed by atoms with Crippen molar-refractivity contribution in [3.8, 4) is 0 Å². The molecule has 0 spiro atoms. The number of hydrogen-bond acceptors (Lipinski definition) is 7. The third kappa shape index (κ3) is 4.06. The standard InChI is InChI=1S/C35H38FNO6/c1-33-11-10-23(39)14-26(33)27(36)15-24-25-16-30-35(29(41)18-38,34(25,2)17-28(40)31(24)33)43-32(42-30)21-8-6-19(7-9-21)12-20-4-3-5-22(37)13-20/h3-11,13-14,24-25,27-28,30-32,38,40H,12,15-18,37H2,1-2H3/t24-,25-,27-,28-,30+,31+,32+,33-,34-,35+/m0/s1. The molecule has 0 radical (unpaired) electrons. The molecule has 10 atom stereocenters. The molecule has 7 rings (SSSR count). The van der Waals surface area contributed by atoms with Crippen molar-refractivity contribution >= 4 is 17.3 Å². The summed E-state index contributed by atoms with van der Waals surface area (Å²) in [5, 5.41) is 22.0. The number of Topliss-reactive ketones (excluding diaryl/α,β-unsaturated/α-hetero) is 1. The van der Waals surface area contributed by atoms with E-state index in [-0.39, 0.29) is 36.4 Å². The van der Waals surface area contributed by atoms with Crippen molar-refractivity contribution in [2.75, 3.05) is 12.3 Å². The summed E-state index contributed by atoms with van der Waals surface area (Å²) < 4.78 is 28.9. The molecule has 4 aliphatic carbocycles. The smallest absolute Gasteiger partial charge is 0.193 e. The lowest BCUT2D eigenvalue weighted by atomic mass is 9.46. The molecular formula is C35H38FNO6. The zero-order chi connectivity index (χ0) is 30.3. The number of halogens is 1. The molecule has 3 saturated carbocycles. The maximum Gasteiger partial charge on any atom is 0.193 e. The van der Waals surface area contributed by atoms with Crippen LogP contribution in [0.4, 0.5) is 10.1 Å². The van der Waals surface area contributed by atoms with Crippen molar-refractivity contribution in [3.05, 3.63) is 89.0 Å². The van der Waals surface area contributed by atoms with Gasteiger partial charge in [0.05, 0.1) is 12.2 Å². The number of hydrogen-bond donors (Lipinski definition) is 3. The second-order valence-corrected chi connectivity index (χ2v) is 13.6. The molecule has 7 nitrogen and oxygen atoms in total. The van der Waals surface area contributed by atoms with Gasteiger partial charge in [0.2, 0.25) is 0 Å². The Morgan fingerprint density at radius 1 is 1.12 bits per heavy atom. The predicted molar refractivity (Wildman–Crippen MR) is 157 cm³/mol. The van der Waals surface area contributed by atoms with Gasteiger partial charge in [0, 0.05) is 28.0 Å². The Kier molecular flexibility index (Phi) is 6.60. The summed E-state index contributed by atoms with van der Waals surface area (Å²) >= 11 is 0. The number of ether oxygens (including phenoxy) is 2. The summed E-state index contributed by atoms with van der Waals surface area (Å²) in [6.07, 6.45) is 2.47. The Hall–Kier alpha value is -3.17. The summed E-state index contributed by atoms with van der Waals surface area (Å²) in [4.78, 5) is 25.9. The molecule has 2 aromatic carbocycles. The zero-order valence-electron chi connectivity index (χ0n) is 24.4. The van der Waals surface area contributed by atoms with E-state index >= 15 is 4.39 Å². The van der Waals surface area contributed by atoms with E-state index in [2.05, 4.69) is 0 Å². The van der Waals surface area contributed by atoms with E-state index in [1.54, 1.807) is 6.08 Å². The van der Waals surface area contributed by atoms with E-state index in [1.807, 2.05) is 62.4 Å². The Bertz CT molecular complexity index is 1540. The molecule has 0 unspecified atom stereocenters. The number of carbonyl (C=O) groups excluding carboxylic acids is 2. The van der Waals surface area contributed by atoms with Crippen LogP contribution in [-0.4, -0.2) is 52.4 Å². The Morgan fingerprint density at radius 2 is 1.88 bits per heavy atom. The number of aliphatic hydroxyl groups excluding tert-OH is 2. The summed E-state index contributed by atoms with van der Waals surface area (Å²) in [6.45, 7) is 3.12. The summed E-state index contributed by atoms with van der Waals surface area (Å²) in [7, 11) is 0. The van der Waals surface area contributed by atoms with Gasteiger partial charge >= 0.3 is 0 Å². The van der Waals surface area contributed by atoms with Crippen LogP contribution in [0.5, 0.6) is 0 Å². The maximum absolute atomic E-state index is 15.8. The van der Waals surface area contributed by atoms with Crippen LogP contribution in [0.25, 0.3) is 0 Å². The van der Waals surface area contributed by atoms with E-state index in [0.29, 0.717) is 24.1 Å². The first kappa shape index (κ1) is 28.6. The summed E-state index contributed by atoms with van der Waals surface area (Å²) in [5.41, 5.74) is 6.82. The molecule has 0 amide bonds. The van der Waals surface area contributed by atoms with Gasteiger partial charge in [0.1, 0.15) is 12.8 Å². The molecular weight excluding hydrogens is 549 g/mol. The van der Waals surface area contributed by atoms with Crippen LogP contribution in [0.1, 0.15) is 56.1 Å². The average molecular weight is 588 g/mol. The highest BCUT2D eigenvalue weighted by Crippen LogP contribution is 2.70. The largest absolute Gasteiger partial charge is 0.399 e. The second-order valence-electron chi connectivity index (χ2n) is 13.6. The van der Waals surface area contributed by atoms with Gasteiger partial charge in [-0.25, -0.2) is 4.39 Å². The molecule has 1 heterocycles. The number of fused-ring (bicyclic) bond motifs is 7. The van der Waals surface area contributed by atoms with Gasteiger partial charge in [0.25, 0.3) is 0 Å². The number of alkyl halides is 1. The molecule has 4 N–H and O–H groups in total. The molecule has 8 heteroatoms. The Balaban J connectivity index is 1.19. The van der Waals surface area contributed by atoms with Crippen molar-refractivity contribution in [3.63, 3.8) is 0 Å². The first-order chi connectivity index (χ1) is 20.5. The summed E-state index contributed by atoms with van der Waals surface area (Å²) in [6, 6.07) is 15.6. The van der Waals surface area contributed by atoms with Crippen molar-refractivity contribution in [2.24, 2.45) is 28.6 Å². The molecule has 2 aromatic rings. The minimum absolute atomic E-state index is 0.151. The maximum atomic E-state index is 15.8. The lowest BCUT2D eigenvalue weighted by molar-refractivity contribution is -0.203. The van der Waals surface area contributed by atoms with Gasteiger partial charge in [-0.3, -0.25) is 9.59 Å². The van der Waals surface area contributed by atoms with E-state index < -0.39 is 53.5 Å². The molecule has 1 saturated heterocycles. The highest BCUT2D eigenvalue weighted by Gasteiger charge is 2.76. The fraction of sp³-hybridized carbons (Fsp3) is 0.486. The van der Waals surface area contributed by atoms with Crippen LogP contribution in [0, 0.1) is 28.6 Å². The molecule has 1 aliphatic heterocycles. The number of benzene rings is 2. The highest BCUT2D eigenvalue weighted by molar-refractivity contribution is 6.01. The van der Waals surface area contributed by atoms with E-state index in [9.17, 15) is 19.8 Å². The third-order valence-corrected chi connectivity index (χ3v) is 11.4. The number of nitrogens with two attached hydrogens (primary N) is 1. The van der Waals surface area contributed by atoms with Crippen LogP contribution in [0.2, 0.25) is 0 Å². The molecule has 0 aromatic heterocycles. The number of nitrogen functional groups attached to an aromatic ring is 1. The number of anilines is 1. The molecule has 4 fully saturated rings. The number of carbonyl (C=O) groups is 2. The minimum atomic E-state index is -1.48. The SMILES string of the molecule is C[C@]12C=CC(=O)C=C1[C@@H](F)C[C@@H]1[C@@H]2[C@@H](O)C[C@@]2(C)[C@H]1C[C@H]1O[C@@H](c3ccc(Cc4cccc(N)c4)cc3)O[C@]12C(=O)CO. The van der Waals surface area contributed by atoms with Crippen LogP contribution < -0.4 is 5.73 Å². The number of ketones is 2. The van der Waals surface area contributed by atoms with Gasteiger partial charge in [0.15, 0.2) is 23.5 Å². The van der Waals surface area contributed by atoms with Crippen LogP contribution in [0.15, 0.2) is 72.3 Å². The first-order valence-electron chi connectivity index (χ1n) is 15.2. The lowest BCUT2D eigenvalue weighted by Crippen LogP contribution is -2.64. The Labute approximate surface area is 250 Å². The van der Waals surface area contributed by atoms with Crippen molar-refractivity contribution < 1.29 is 33.7 Å². The quantitative estimate of drug-likeness (QED) is 0.444. The van der Waals surface area contributed by atoms with Crippen LogP contribution >= 0.6 is 0 Å². The van der Waals surface area contributed by atoms with Crippen molar-refractivity contribution in [1.29, 1.82) is 0 Å². The fourth-order valence-electron chi connectivity index (χ4n) is 9.58. The van der Waals surface area contributed by atoms with E-state index in [1.165, 1.54) is 12.2 Å². The van der Waals surface area contributed by atoms with E-state index in [0.717, 1.165) is 16.7 Å². The van der Waals surface area contributed by atoms with Gasteiger partial charge in [-0.05, 0) is 78.5 Å². The molecule has 5 aliphatic rings. The second kappa shape index (κ2) is 9.92. The van der Waals surface area contributed by atoms with Gasteiger partial charge < -0.3 is 25.4 Å². The van der Waals surface area contributed by atoms with E-state index in [4.69, 9.17) is 15.2 Å². The first-order valence-corrected chi connectivity index (χ1v) is 15.2. The number of allylic oxidation sites excluding steroid dienone is 4. The molecule has 226 valence electrons. The lowest BCUT2D eigenvalue weighted by Gasteiger charge is -2.60. The fourth-order valence-corrected chi connectivity index (χ4v) is 9.58. The number of rotatable bonds is 5. The van der Waals surface area contributed by atoms with Gasteiger partial charge in [-0.1, -0.05) is 56.3 Å².